The Bertz CT molecular complexity index is 947. The van der Waals surface area contributed by atoms with E-state index in [0.29, 0.717) is 37.6 Å². The summed E-state index contributed by atoms with van der Waals surface area (Å²) in [7, 11) is -3.64. The van der Waals surface area contributed by atoms with Crippen LogP contribution >= 0.6 is 0 Å². The molecule has 10 heteroatoms. The maximum Gasteiger partial charge on any atom is 0.243 e. The van der Waals surface area contributed by atoms with Crippen molar-refractivity contribution in [2.24, 2.45) is 21.5 Å². The molecular formula is C19H28N6O3S. The summed E-state index contributed by atoms with van der Waals surface area (Å²) in [5.74, 6) is 0.423. The number of aliphatic imine (C=N–C) groups is 2. The molecule has 1 spiro atoms. The second-order valence-corrected chi connectivity index (χ2v) is 9.69. The van der Waals surface area contributed by atoms with Crippen LogP contribution in [0.25, 0.3) is 0 Å². The van der Waals surface area contributed by atoms with Crippen LogP contribution in [0, 0.1) is 6.92 Å². The average molecular weight is 421 g/mol. The third-order valence-corrected chi connectivity index (χ3v) is 7.91. The van der Waals surface area contributed by atoms with Crippen molar-refractivity contribution < 1.29 is 13.2 Å². The molecule has 0 aromatic heterocycles. The molecule has 0 amide bonds. The summed E-state index contributed by atoms with van der Waals surface area (Å²) >= 11 is 0. The Hall–Kier alpha value is -2.17. The van der Waals surface area contributed by atoms with Crippen molar-refractivity contribution in [2.45, 2.75) is 49.6 Å². The minimum absolute atomic E-state index is 0.175. The highest BCUT2D eigenvalue weighted by Crippen LogP contribution is 2.40. The highest BCUT2D eigenvalue weighted by molar-refractivity contribution is 7.89. The van der Waals surface area contributed by atoms with Crippen LogP contribution in [0.1, 0.15) is 37.7 Å². The fourth-order valence-corrected chi connectivity index (χ4v) is 6.08. The maximum atomic E-state index is 13.3. The largest absolute Gasteiger partial charge is 0.379 e. The fourth-order valence-electron chi connectivity index (χ4n) is 4.43. The number of benzene rings is 1. The van der Waals surface area contributed by atoms with Gasteiger partial charge in [0.05, 0.1) is 18.1 Å². The van der Waals surface area contributed by atoms with Gasteiger partial charge in [-0.05, 0) is 50.3 Å². The monoisotopic (exact) mass is 420 g/mol. The summed E-state index contributed by atoms with van der Waals surface area (Å²) in [5, 5.41) is 0. The van der Waals surface area contributed by atoms with Crippen molar-refractivity contribution in [2.75, 3.05) is 31.2 Å². The first kappa shape index (κ1) is 20.1. The van der Waals surface area contributed by atoms with Crippen LogP contribution in [-0.4, -0.2) is 56.6 Å². The quantitative estimate of drug-likeness (QED) is 0.755. The van der Waals surface area contributed by atoms with Crippen molar-refractivity contribution >= 4 is 27.6 Å². The van der Waals surface area contributed by atoms with E-state index in [1.807, 2.05) is 17.0 Å². The first-order valence-electron chi connectivity index (χ1n) is 10.0. The molecule has 0 unspecified atom stereocenters. The number of hydrogen-bond acceptors (Lipinski definition) is 8. The number of ether oxygens (including phenoxy) is 1. The fraction of sp³-hybridized carbons (Fsp3) is 0.579. The zero-order chi connectivity index (χ0) is 20.6. The molecule has 0 bridgehead atoms. The number of morpholine rings is 1. The summed E-state index contributed by atoms with van der Waals surface area (Å²) in [6.45, 7) is 3.31. The summed E-state index contributed by atoms with van der Waals surface area (Å²) in [6, 6.07) is 5.38. The van der Waals surface area contributed by atoms with E-state index in [4.69, 9.17) is 16.2 Å². The highest BCUT2D eigenvalue weighted by atomic mass is 32.2. The highest BCUT2D eigenvalue weighted by Gasteiger charge is 2.43. The van der Waals surface area contributed by atoms with Gasteiger partial charge >= 0.3 is 0 Å². The molecule has 158 valence electrons. The molecule has 1 saturated carbocycles. The zero-order valence-corrected chi connectivity index (χ0v) is 17.5. The van der Waals surface area contributed by atoms with Gasteiger partial charge in [-0.15, -0.1) is 0 Å². The van der Waals surface area contributed by atoms with Gasteiger partial charge in [0.15, 0.2) is 0 Å². The Balaban J connectivity index is 1.77. The number of hydrogen-bond donors (Lipinski definition) is 2. The van der Waals surface area contributed by atoms with E-state index in [0.717, 1.165) is 32.1 Å². The smallest absolute Gasteiger partial charge is 0.243 e. The molecule has 3 aliphatic rings. The van der Waals surface area contributed by atoms with Crippen molar-refractivity contribution in [1.82, 2.24) is 4.31 Å². The molecule has 2 heterocycles. The van der Waals surface area contributed by atoms with Gasteiger partial charge in [-0.1, -0.05) is 12.5 Å². The van der Waals surface area contributed by atoms with Gasteiger partial charge in [-0.3, -0.25) is 4.90 Å². The second kappa shape index (κ2) is 7.58. The van der Waals surface area contributed by atoms with E-state index in [2.05, 4.69) is 9.98 Å². The molecule has 1 aliphatic carbocycles. The normalized spacial score (nSPS) is 23.0. The Kier molecular flexibility index (Phi) is 5.26. The lowest BCUT2D eigenvalue weighted by molar-refractivity contribution is 0.0730. The van der Waals surface area contributed by atoms with Gasteiger partial charge in [-0.25, -0.2) is 13.4 Å². The number of nitrogens with zero attached hydrogens (tertiary/aromatic N) is 4. The predicted octanol–water partition coefficient (Wildman–Crippen LogP) is 1.13. The minimum Gasteiger partial charge on any atom is -0.379 e. The first-order chi connectivity index (χ1) is 13.8. The molecule has 2 aliphatic heterocycles. The van der Waals surface area contributed by atoms with Gasteiger partial charge in [0, 0.05) is 18.8 Å². The molecule has 4 rings (SSSR count). The Morgan fingerprint density at radius 2 is 1.79 bits per heavy atom. The van der Waals surface area contributed by atoms with E-state index < -0.39 is 15.7 Å². The van der Waals surface area contributed by atoms with E-state index in [1.54, 1.807) is 13.0 Å². The van der Waals surface area contributed by atoms with Crippen LogP contribution in [0.2, 0.25) is 0 Å². The number of aryl methyl sites for hydroxylation is 1. The van der Waals surface area contributed by atoms with Crippen LogP contribution in [0.4, 0.5) is 5.69 Å². The molecular weight excluding hydrogens is 392 g/mol. The molecule has 2 fully saturated rings. The van der Waals surface area contributed by atoms with Crippen LogP contribution in [0.3, 0.4) is 0 Å². The summed E-state index contributed by atoms with van der Waals surface area (Å²) in [4.78, 5) is 11.0. The van der Waals surface area contributed by atoms with E-state index >= 15 is 0 Å². The van der Waals surface area contributed by atoms with Crippen molar-refractivity contribution in [3.05, 3.63) is 23.8 Å². The average Bonchev–Trinajstić information content (AvgIpc) is 2.69. The van der Waals surface area contributed by atoms with Crippen LogP contribution < -0.4 is 16.4 Å². The van der Waals surface area contributed by atoms with Crippen LogP contribution in [0.5, 0.6) is 0 Å². The molecule has 29 heavy (non-hydrogen) atoms. The lowest BCUT2D eigenvalue weighted by Gasteiger charge is -2.45. The van der Waals surface area contributed by atoms with Gasteiger partial charge in [0.2, 0.25) is 21.9 Å². The summed E-state index contributed by atoms with van der Waals surface area (Å²) in [6.07, 6.45) is 4.73. The zero-order valence-electron chi connectivity index (χ0n) is 16.7. The minimum atomic E-state index is -3.64. The standard InChI is InChI=1S/C19H28N6O3S/c1-14-5-6-15(13-16(14)29(26,27)24-9-11-28-12-10-24)25-18(21)22-17(20)23-19(25)7-3-2-4-8-19/h5-6,13H,2-4,7-12H2,1H3,(H4,20,21,22,23). The van der Waals surface area contributed by atoms with Crippen molar-refractivity contribution in [3.8, 4) is 0 Å². The molecule has 9 nitrogen and oxygen atoms in total. The molecule has 1 aromatic carbocycles. The Morgan fingerprint density at radius 1 is 1.10 bits per heavy atom. The topological polar surface area (TPSA) is 127 Å². The van der Waals surface area contributed by atoms with Gasteiger partial charge in [-0.2, -0.15) is 9.30 Å². The van der Waals surface area contributed by atoms with Crippen molar-refractivity contribution in [3.63, 3.8) is 0 Å². The van der Waals surface area contributed by atoms with Gasteiger partial charge < -0.3 is 16.2 Å². The van der Waals surface area contributed by atoms with Crippen molar-refractivity contribution in [1.29, 1.82) is 0 Å². The summed E-state index contributed by atoms with van der Waals surface area (Å²) in [5.41, 5.74) is 13.0. The van der Waals surface area contributed by atoms with Crippen LogP contribution in [0.15, 0.2) is 33.1 Å². The first-order valence-corrected chi connectivity index (χ1v) is 11.5. The summed E-state index contributed by atoms with van der Waals surface area (Å²) < 4.78 is 33.4. The molecule has 0 radical (unpaired) electrons. The second-order valence-electron chi connectivity index (χ2n) is 7.78. The number of guanidine groups is 2. The number of nitrogens with two attached hydrogens (primary N) is 2. The molecule has 1 aromatic rings. The number of rotatable bonds is 3. The third kappa shape index (κ3) is 3.60. The third-order valence-electron chi connectivity index (χ3n) is 5.87. The van der Waals surface area contributed by atoms with E-state index in [1.165, 1.54) is 4.31 Å². The Labute approximate surface area is 171 Å². The van der Waals surface area contributed by atoms with E-state index in [-0.39, 0.29) is 16.8 Å². The van der Waals surface area contributed by atoms with Crippen LogP contribution in [-0.2, 0) is 14.8 Å². The number of anilines is 1. The molecule has 4 N–H and O–H groups in total. The molecule has 1 saturated heterocycles. The van der Waals surface area contributed by atoms with Gasteiger partial charge in [0.1, 0.15) is 5.66 Å². The lowest BCUT2D eigenvalue weighted by Crippen LogP contribution is -2.58. The SMILES string of the molecule is Cc1ccc(N2C(N)=NC(N)=NC23CCCCC3)cc1S(=O)(=O)N1CCOCC1. The lowest BCUT2D eigenvalue weighted by atomic mass is 9.87. The predicted molar refractivity (Wildman–Crippen MR) is 112 cm³/mol. The maximum absolute atomic E-state index is 13.3. The van der Waals surface area contributed by atoms with E-state index in [9.17, 15) is 8.42 Å². The molecule has 0 atom stereocenters. The Morgan fingerprint density at radius 3 is 2.48 bits per heavy atom. The van der Waals surface area contributed by atoms with Gasteiger partial charge in [0.25, 0.3) is 0 Å². The number of sulfonamides is 1.